The topological polar surface area (TPSA) is 68.5 Å². The van der Waals surface area contributed by atoms with Crippen LogP contribution in [-0.4, -0.2) is 33.4 Å². The summed E-state index contributed by atoms with van der Waals surface area (Å²) in [6.45, 7) is 0.659. The van der Waals surface area contributed by atoms with E-state index in [-0.39, 0.29) is 11.7 Å². The van der Waals surface area contributed by atoms with Gasteiger partial charge < -0.3 is 10.1 Å². The first kappa shape index (κ1) is 17.3. The molecule has 0 spiro atoms. The molecule has 0 radical (unpaired) electrons. The average molecular weight is 376 g/mol. The number of carbonyl (C=O) groups excluding carboxylic acids is 1. The number of hydrogen-bond acceptors (Lipinski definition) is 4. The molecule has 9 heteroatoms. The zero-order valence-electron chi connectivity index (χ0n) is 14.0. The molecule has 1 saturated carbocycles. The lowest BCUT2D eigenvalue weighted by Gasteiger charge is -2.09. The van der Waals surface area contributed by atoms with E-state index in [4.69, 9.17) is 0 Å². The quantitative estimate of drug-likeness (QED) is 0.741. The van der Waals surface area contributed by atoms with Crippen LogP contribution in [0.5, 0.6) is 5.75 Å². The van der Waals surface area contributed by atoms with Crippen molar-refractivity contribution in [2.24, 2.45) is 5.92 Å². The second kappa shape index (κ2) is 6.57. The van der Waals surface area contributed by atoms with E-state index in [2.05, 4.69) is 20.3 Å². The highest BCUT2D eigenvalue weighted by Gasteiger charge is 2.31. The number of carbonyl (C=O) groups is 1. The van der Waals surface area contributed by atoms with Gasteiger partial charge in [-0.05, 0) is 55.2 Å². The highest BCUT2D eigenvalue weighted by molar-refractivity contribution is 5.94. The molecule has 1 fully saturated rings. The van der Waals surface area contributed by atoms with E-state index in [1.807, 2.05) is 0 Å². The maximum Gasteiger partial charge on any atom is 0.573 e. The van der Waals surface area contributed by atoms with Crippen LogP contribution in [0, 0.1) is 5.92 Å². The smallest absolute Gasteiger partial charge is 0.406 e. The summed E-state index contributed by atoms with van der Waals surface area (Å²) in [5.74, 6) is 0.485. The Hall–Kier alpha value is -3.10. The van der Waals surface area contributed by atoms with Crippen LogP contribution in [0.15, 0.2) is 42.6 Å². The van der Waals surface area contributed by atoms with Gasteiger partial charge >= 0.3 is 6.36 Å². The van der Waals surface area contributed by atoms with Crippen molar-refractivity contribution in [3.8, 4) is 17.1 Å². The molecule has 140 valence electrons. The van der Waals surface area contributed by atoms with Crippen molar-refractivity contribution in [2.45, 2.75) is 19.2 Å². The monoisotopic (exact) mass is 376 g/mol. The predicted molar refractivity (Wildman–Crippen MR) is 90.2 cm³/mol. The van der Waals surface area contributed by atoms with Crippen molar-refractivity contribution < 1.29 is 22.7 Å². The summed E-state index contributed by atoms with van der Waals surface area (Å²) >= 11 is 0. The number of halogens is 3. The minimum atomic E-state index is -4.74. The Balaban J connectivity index is 1.59. The van der Waals surface area contributed by atoms with Gasteiger partial charge in [0, 0.05) is 18.3 Å². The molecule has 2 aromatic heterocycles. The van der Waals surface area contributed by atoms with Crippen molar-refractivity contribution in [3.05, 3.63) is 48.2 Å². The molecule has 6 nitrogen and oxygen atoms in total. The molecule has 3 aromatic rings. The van der Waals surface area contributed by atoms with Crippen LogP contribution >= 0.6 is 0 Å². The fourth-order valence-corrected chi connectivity index (χ4v) is 2.69. The number of fused-ring (bicyclic) bond motifs is 1. The van der Waals surface area contributed by atoms with E-state index < -0.39 is 6.36 Å². The largest absolute Gasteiger partial charge is 0.573 e. The van der Waals surface area contributed by atoms with Crippen molar-refractivity contribution in [1.82, 2.24) is 19.9 Å². The SMILES string of the molecule is O=C(NCC1CC1)c1ccc2nnc(-c3ccc(OC(F)(F)F)cc3)n2c1. The van der Waals surface area contributed by atoms with Gasteiger partial charge in [-0.3, -0.25) is 9.20 Å². The summed E-state index contributed by atoms with van der Waals surface area (Å²) in [7, 11) is 0. The van der Waals surface area contributed by atoms with Crippen molar-refractivity contribution in [1.29, 1.82) is 0 Å². The fourth-order valence-electron chi connectivity index (χ4n) is 2.69. The average Bonchev–Trinajstić information content (AvgIpc) is 3.36. The van der Waals surface area contributed by atoms with Crippen LogP contribution in [0.2, 0.25) is 0 Å². The molecular weight excluding hydrogens is 361 g/mol. The van der Waals surface area contributed by atoms with Gasteiger partial charge in [-0.2, -0.15) is 0 Å². The number of alkyl halides is 3. The minimum Gasteiger partial charge on any atom is -0.406 e. The third kappa shape index (κ3) is 4.02. The number of pyridine rings is 1. The predicted octanol–water partition coefficient (Wildman–Crippen LogP) is 3.43. The van der Waals surface area contributed by atoms with Gasteiger partial charge in [-0.1, -0.05) is 0 Å². The van der Waals surface area contributed by atoms with Gasteiger partial charge in [-0.25, -0.2) is 0 Å². The minimum absolute atomic E-state index is 0.183. The van der Waals surface area contributed by atoms with Crippen LogP contribution in [-0.2, 0) is 0 Å². The molecule has 4 rings (SSSR count). The summed E-state index contributed by atoms with van der Waals surface area (Å²) in [6.07, 6.45) is -0.843. The fraction of sp³-hybridized carbons (Fsp3) is 0.278. The first-order chi connectivity index (χ1) is 12.9. The van der Waals surface area contributed by atoms with E-state index in [0.717, 1.165) is 12.8 Å². The van der Waals surface area contributed by atoms with Crippen LogP contribution in [0.4, 0.5) is 13.2 Å². The highest BCUT2D eigenvalue weighted by Crippen LogP contribution is 2.28. The number of nitrogens with zero attached hydrogens (tertiary/aromatic N) is 3. The van der Waals surface area contributed by atoms with Crippen LogP contribution in [0.25, 0.3) is 17.0 Å². The first-order valence-electron chi connectivity index (χ1n) is 8.38. The molecule has 1 aromatic carbocycles. The van der Waals surface area contributed by atoms with Crippen molar-refractivity contribution in [3.63, 3.8) is 0 Å². The lowest BCUT2D eigenvalue weighted by atomic mass is 10.2. The Morgan fingerprint density at radius 1 is 1.15 bits per heavy atom. The summed E-state index contributed by atoms with van der Waals surface area (Å²) in [5.41, 5.74) is 1.54. The van der Waals surface area contributed by atoms with Gasteiger partial charge in [0.25, 0.3) is 5.91 Å². The van der Waals surface area contributed by atoms with Gasteiger partial charge in [-0.15, -0.1) is 23.4 Å². The summed E-state index contributed by atoms with van der Waals surface area (Å²) in [4.78, 5) is 12.3. The molecule has 0 aliphatic heterocycles. The lowest BCUT2D eigenvalue weighted by Crippen LogP contribution is -2.25. The van der Waals surface area contributed by atoms with Crippen LogP contribution in [0.3, 0.4) is 0 Å². The van der Waals surface area contributed by atoms with E-state index >= 15 is 0 Å². The molecule has 0 bridgehead atoms. The van der Waals surface area contributed by atoms with Gasteiger partial charge in [0.1, 0.15) is 5.75 Å². The molecule has 1 aliphatic carbocycles. The number of rotatable bonds is 5. The summed E-state index contributed by atoms with van der Waals surface area (Å²) in [5, 5.41) is 11.0. The number of aromatic nitrogens is 3. The third-order valence-electron chi connectivity index (χ3n) is 4.26. The lowest BCUT2D eigenvalue weighted by molar-refractivity contribution is -0.274. The second-order valence-corrected chi connectivity index (χ2v) is 6.40. The van der Waals surface area contributed by atoms with Gasteiger partial charge in [0.2, 0.25) is 0 Å². The van der Waals surface area contributed by atoms with Crippen molar-refractivity contribution in [2.75, 3.05) is 6.54 Å². The molecule has 1 N–H and O–H groups in total. The Morgan fingerprint density at radius 3 is 2.56 bits per heavy atom. The number of hydrogen-bond donors (Lipinski definition) is 1. The molecule has 1 aliphatic rings. The standard InChI is InChI=1S/C18H15F3N4O2/c19-18(20,21)27-14-6-3-12(4-7-14)16-24-23-15-8-5-13(10-25(15)16)17(26)22-9-11-1-2-11/h3-8,10-11H,1-2,9H2,(H,22,26). The molecular formula is C18H15F3N4O2. The zero-order chi connectivity index (χ0) is 19.0. The van der Waals surface area contributed by atoms with E-state index in [0.29, 0.717) is 35.1 Å². The molecule has 27 heavy (non-hydrogen) atoms. The summed E-state index contributed by atoms with van der Waals surface area (Å²) in [6, 6.07) is 8.65. The molecule has 2 heterocycles. The van der Waals surface area contributed by atoms with Crippen molar-refractivity contribution >= 4 is 11.6 Å². The molecule has 1 amide bonds. The number of ether oxygens (including phenoxy) is 1. The molecule has 0 unspecified atom stereocenters. The first-order valence-corrected chi connectivity index (χ1v) is 8.38. The zero-order valence-corrected chi connectivity index (χ0v) is 14.0. The highest BCUT2D eigenvalue weighted by atomic mass is 19.4. The number of benzene rings is 1. The normalized spacial score (nSPS) is 14.3. The Kier molecular flexibility index (Phi) is 4.21. The molecule has 0 saturated heterocycles. The van der Waals surface area contributed by atoms with E-state index in [1.54, 1.807) is 22.7 Å². The maximum atomic E-state index is 12.3. The van der Waals surface area contributed by atoms with Crippen LogP contribution < -0.4 is 10.1 Å². The van der Waals surface area contributed by atoms with Gasteiger partial charge in [0.05, 0.1) is 5.56 Å². The third-order valence-corrected chi connectivity index (χ3v) is 4.26. The summed E-state index contributed by atoms with van der Waals surface area (Å²) < 4.78 is 42.3. The Morgan fingerprint density at radius 2 is 1.89 bits per heavy atom. The number of amides is 1. The molecule has 0 atom stereocenters. The van der Waals surface area contributed by atoms with Crippen LogP contribution in [0.1, 0.15) is 23.2 Å². The van der Waals surface area contributed by atoms with E-state index in [9.17, 15) is 18.0 Å². The van der Waals surface area contributed by atoms with Gasteiger partial charge in [0.15, 0.2) is 11.5 Å². The number of nitrogens with one attached hydrogen (secondary N) is 1. The Labute approximate surface area is 152 Å². The Bertz CT molecular complexity index is 978. The second-order valence-electron chi connectivity index (χ2n) is 6.40. The maximum absolute atomic E-state index is 12.3. The van der Waals surface area contributed by atoms with E-state index in [1.165, 1.54) is 24.3 Å².